The van der Waals surface area contributed by atoms with E-state index in [1.165, 1.54) is 0 Å². The van der Waals surface area contributed by atoms with Gasteiger partial charge in [0.2, 0.25) is 5.95 Å². The molecular weight excluding hydrogens is 426 g/mol. The highest BCUT2D eigenvalue weighted by atomic mass is 28.3. The first-order valence-corrected chi connectivity index (χ1v) is 14.7. The fourth-order valence-electron chi connectivity index (χ4n) is 3.60. The molecule has 1 atom stereocenters. The molecule has 0 bridgehead atoms. The molecule has 1 aliphatic heterocycles. The summed E-state index contributed by atoms with van der Waals surface area (Å²) in [4.78, 5) is 22.5. The predicted octanol–water partition coefficient (Wildman–Crippen LogP) is 2.79. The maximum absolute atomic E-state index is 11.5. The van der Waals surface area contributed by atoms with Crippen molar-refractivity contribution in [3.05, 3.63) is 17.3 Å². The van der Waals surface area contributed by atoms with E-state index in [0.29, 0.717) is 37.9 Å². The van der Waals surface area contributed by atoms with Crippen LogP contribution >= 0.6 is 0 Å². The third kappa shape index (κ3) is 5.97. The SMILES string of the molecule is CNC(=O)O[C@@H]1CCN(c2cc(-c3c(C)c(C)nn3COCC[Si](C)(C)C)nc(N)n2)C1. The first-order valence-electron chi connectivity index (χ1n) is 11.0. The number of anilines is 2. The lowest BCUT2D eigenvalue weighted by atomic mass is 10.1. The van der Waals surface area contributed by atoms with E-state index in [9.17, 15) is 4.79 Å². The number of hydrogen-bond acceptors (Lipinski definition) is 8. The van der Waals surface area contributed by atoms with Gasteiger partial charge in [0.05, 0.1) is 23.6 Å². The lowest BCUT2D eigenvalue weighted by Crippen LogP contribution is -2.29. The fraction of sp³-hybridized carbons (Fsp3) is 0.619. The van der Waals surface area contributed by atoms with Crippen molar-refractivity contribution in [3.63, 3.8) is 0 Å². The molecular formula is C21H35N7O3Si. The third-order valence-corrected chi connectivity index (χ3v) is 7.26. The van der Waals surface area contributed by atoms with Gasteiger partial charge in [-0.05, 0) is 25.5 Å². The summed E-state index contributed by atoms with van der Waals surface area (Å²) in [6, 6.07) is 3.01. The molecule has 0 radical (unpaired) electrons. The zero-order valence-electron chi connectivity index (χ0n) is 19.9. The van der Waals surface area contributed by atoms with Crippen LogP contribution in [-0.4, -0.2) is 66.8 Å². The van der Waals surface area contributed by atoms with Crippen molar-refractivity contribution >= 4 is 25.9 Å². The summed E-state index contributed by atoms with van der Waals surface area (Å²) in [5.41, 5.74) is 9.62. The average Bonchev–Trinajstić information content (AvgIpc) is 3.28. The second-order valence-corrected chi connectivity index (χ2v) is 15.0. The van der Waals surface area contributed by atoms with E-state index in [2.05, 4.69) is 44.9 Å². The fourth-order valence-corrected chi connectivity index (χ4v) is 4.35. The Kier molecular flexibility index (Phi) is 7.39. The van der Waals surface area contributed by atoms with Crippen molar-refractivity contribution in [1.82, 2.24) is 25.1 Å². The number of carbonyl (C=O) groups excluding carboxylic acids is 1. The Morgan fingerprint density at radius 3 is 2.75 bits per heavy atom. The Bertz CT molecular complexity index is 958. The molecule has 11 heteroatoms. The van der Waals surface area contributed by atoms with Crippen LogP contribution in [0.15, 0.2) is 6.07 Å². The van der Waals surface area contributed by atoms with Gasteiger partial charge >= 0.3 is 6.09 Å². The van der Waals surface area contributed by atoms with Crippen molar-refractivity contribution in [2.45, 2.75) is 58.8 Å². The summed E-state index contributed by atoms with van der Waals surface area (Å²) in [5, 5.41) is 7.14. The second-order valence-electron chi connectivity index (χ2n) is 9.39. The van der Waals surface area contributed by atoms with E-state index in [1.54, 1.807) is 7.05 Å². The largest absolute Gasteiger partial charge is 0.444 e. The van der Waals surface area contributed by atoms with Gasteiger partial charge in [-0.25, -0.2) is 14.5 Å². The number of nitrogens with two attached hydrogens (primary N) is 1. The topological polar surface area (TPSA) is 120 Å². The molecule has 1 amide bonds. The van der Waals surface area contributed by atoms with Crippen LogP contribution in [0.4, 0.5) is 16.6 Å². The normalized spacial score (nSPS) is 16.4. The molecule has 176 valence electrons. The minimum absolute atomic E-state index is 0.191. The molecule has 0 spiro atoms. The Labute approximate surface area is 190 Å². The lowest BCUT2D eigenvalue weighted by molar-refractivity contribution is 0.0795. The molecule has 3 rings (SSSR count). The molecule has 1 aliphatic rings. The minimum Gasteiger partial charge on any atom is -0.444 e. The number of nitrogens with one attached hydrogen (secondary N) is 1. The number of carbonyl (C=O) groups is 1. The van der Waals surface area contributed by atoms with Gasteiger partial charge in [0.15, 0.2) is 0 Å². The maximum atomic E-state index is 11.5. The molecule has 0 unspecified atom stereocenters. The van der Waals surface area contributed by atoms with Crippen LogP contribution in [0.2, 0.25) is 25.7 Å². The molecule has 2 aromatic heterocycles. The van der Waals surface area contributed by atoms with Gasteiger partial charge in [0.1, 0.15) is 18.7 Å². The number of rotatable bonds is 8. The summed E-state index contributed by atoms with van der Waals surface area (Å²) < 4.78 is 13.2. The Hall–Kier alpha value is -2.66. The predicted molar refractivity (Wildman–Crippen MR) is 127 cm³/mol. The van der Waals surface area contributed by atoms with Crippen LogP contribution in [0, 0.1) is 13.8 Å². The first-order chi connectivity index (χ1) is 15.1. The number of aromatic nitrogens is 4. The molecule has 32 heavy (non-hydrogen) atoms. The van der Waals surface area contributed by atoms with Crippen molar-refractivity contribution in [3.8, 4) is 11.4 Å². The van der Waals surface area contributed by atoms with Gasteiger partial charge in [-0.15, -0.1) is 0 Å². The van der Waals surface area contributed by atoms with E-state index in [4.69, 9.17) is 15.2 Å². The van der Waals surface area contributed by atoms with E-state index in [0.717, 1.165) is 29.4 Å². The average molecular weight is 462 g/mol. The van der Waals surface area contributed by atoms with Crippen molar-refractivity contribution in [2.24, 2.45) is 0 Å². The molecule has 1 saturated heterocycles. The van der Waals surface area contributed by atoms with Crippen LogP contribution in [0.3, 0.4) is 0 Å². The highest BCUT2D eigenvalue weighted by molar-refractivity contribution is 6.76. The smallest absolute Gasteiger partial charge is 0.407 e. The zero-order valence-corrected chi connectivity index (χ0v) is 20.9. The van der Waals surface area contributed by atoms with Crippen LogP contribution in [0.5, 0.6) is 0 Å². The molecule has 0 saturated carbocycles. The van der Waals surface area contributed by atoms with Crippen molar-refractivity contribution in [2.75, 3.05) is 37.4 Å². The molecule has 1 fully saturated rings. The highest BCUT2D eigenvalue weighted by Crippen LogP contribution is 2.29. The van der Waals surface area contributed by atoms with Gasteiger partial charge in [0, 0.05) is 40.8 Å². The summed E-state index contributed by atoms with van der Waals surface area (Å²) in [6.45, 7) is 13.3. The van der Waals surface area contributed by atoms with Crippen LogP contribution in [-0.2, 0) is 16.2 Å². The lowest BCUT2D eigenvalue weighted by Gasteiger charge is -2.19. The standard InChI is InChI=1S/C21H35N7O3Si/c1-14-15(2)26-28(13-30-9-10-32(4,5)6)19(14)17-11-18(25-20(22)24-17)27-8-7-16(12-27)31-21(29)23-3/h11,16H,7-10,12-13H2,1-6H3,(H,23,29)(H2,22,24,25)/t16-/m1/s1. The van der Waals surface area contributed by atoms with E-state index >= 15 is 0 Å². The number of hydrogen-bond donors (Lipinski definition) is 2. The maximum Gasteiger partial charge on any atom is 0.407 e. The van der Waals surface area contributed by atoms with Gasteiger partial charge in [0.25, 0.3) is 0 Å². The second kappa shape index (κ2) is 9.86. The van der Waals surface area contributed by atoms with Crippen LogP contribution in [0.25, 0.3) is 11.4 Å². The molecule has 0 aliphatic carbocycles. The van der Waals surface area contributed by atoms with Crippen LogP contribution < -0.4 is 16.0 Å². The highest BCUT2D eigenvalue weighted by Gasteiger charge is 2.27. The zero-order chi connectivity index (χ0) is 23.5. The summed E-state index contributed by atoms with van der Waals surface area (Å²) in [6.07, 6.45) is 0.112. The number of nitrogens with zero attached hydrogens (tertiary/aromatic N) is 5. The molecule has 0 aromatic carbocycles. The first kappa shape index (κ1) is 24.0. The number of nitrogen functional groups attached to an aromatic ring is 1. The molecule has 3 heterocycles. The number of aryl methyl sites for hydroxylation is 1. The molecule has 10 nitrogen and oxygen atoms in total. The van der Waals surface area contributed by atoms with Gasteiger partial charge < -0.3 is 25.4 Å². The van der Waals surface area contributed by atoms with Crippen molar-refractivity contribution < 1.29 is 14.3 Å². The summed E-state index contributed by atoms with van der Waals surface area (Å²) >= 11 is 0. The van der Waals surface area contributed by atoms with Gasteiger partial charge in [-0.3, -0.25) is 0 Å². The van der Waals surface area contributed by atoms with E-state index in [1.807, 2.05) is 24.6 Å². The van der Waals surface area contributed by atoms with Crippen molar-refractivity contribution in [1.29, 1.82) is 0 Å². The quantitative estimate of drug-likeness (QED) is 0.455. The van der Waals surface area contributed by atoms with Gasteiger partial charge in [-0.2, -0.15) is 10.1 Å². The number of amides is 1. The van der Waals surface area contributed by atoms with E-state index in [-0.39, 0.29) is 12.1 Å². The molecule has 2 aromatic rings. The molecule has 3 N–H and O–H groups in total. The minimum atomic E-state index is -1.16. The number of ether oxygens (including phenoxy) is 2. The third-order valence-electron chi connectivity index (χ3n) is 5.56. The summed E-state index contributed by atoms with van der Waals surface area (Å²) in [7, 11) is 0.390. The monoisotopic (exact) mass is 461 g/mol. The van der Waals surface area contributed by atoms with Gasteiger partial charge in [-0.1, -0.05) is 19.6 Å². The van der Waals surface area contributed by atoms with Crippen LogP contribution in [0.1, 0.15) is 17.7 Å². The Morgan fingerprint density at radius 2 is 2.06 bits per heavy atom. The Morgan fingerprint density at radius 1 is 1.31 bits per heavy atom. The Balaban J connectivity index is 1.80. The number of alkyl carbamates (subject to hydrolysis) is 1. The summed E-state index contributed by atoms with van der Waals surface area (Å²) in [5.74, 6) is 0.901. The van der Waals surface area contributed by atoms with E-state index < -0.39 is 14.2 Å².